The van der Waals surface area contributed by atoms with E-state index in [0.29, 0.717) is 6.10 Å². The molecule has 0 aromatic rings. The highest BCUT2D eigenvalue weighted by atomic mass is 16.5. The van der Waals surface area contributed by atoms with Crippen molar-refractivity contribution in [2.45, 2.75) is 86.0 Å². The standard InChI is InChI=1S/C15H32O2/c1-9-13(4)16-11-10-14(5,6)15(7,8)17-12(2)3/h12-13H,9-11H2,1-8H3. The Kier molecular flexibility index (Phi) is 6.71. The van der Waals surface area contributed by atoms with Gasteiger partial charge in [0.25, 0.3) is 0 Å². The van der Waals surface area contributed by atoms with Crippen molar-refractivity contribution in [2.75, 3.05) is 6.61 Å². The van der Waals surface area contributed by atoms with Crippen molar-refractivity contribution >= 4 is 0 Å². The molecule has 0 saturated carbocycles. The summed E-state index contributed by atoms with van der Waals surface area (Å²) in [7, 11) is 0. The molecule has 2 nitrogen and oxygen atoms in total. The topological polar surface area (TPSA) is 18.5 Å². The molecule has 0 aliphatic rings. The van der Waals surface area contributed by atoms with E-state index in [9.17, 15) is 0 Å². The highest BCUT2D eigenvalue weighted by Crippen LogP contribution is 2.37. The molecule has 0 heterocycles. The van der Waals surface area contributed by atoms with E-state index in [1.165, 1.54) is 0 Å². The molecule has 0 spiro atoms. The zero-order valence-electron chi connectivity index (χ0n) is 13.1. The van der Waals surface area contributed by atoms with Crippen LogP contribution in [0.4, 0.5) is 0 Å². The minimum Gasteiger partial charge on any atom is -0.378 e. The summed E-state index contributed by atoms with van der Waals surface area (Å²) in [6.07, 6.45) is 2.73. The van der Waals surface area contributed by atoms with Crippen LogP contribution in [-0.2, 0) is 9.47 Å². The summed E-state index contributed by atoms with van der Waals surface area (Å²) >= 11 is 0. The van der Waals surface area contributed by atoms with Gasteiger partial charge >= 0.3 is 0 Å². The summed E-state index contributed by atoms with van der Waals surface area (Å²) in [5.41, 5.74) is -0.00922. The Morgan fingerprint density at radius 1 is 1.00 bits per heavy atom. The second-order valence-electron chi connectivity index (χ2n) is 6.40. The fourth-order valence-corrected chi connectivity index (χ4v) is 1.68. The lowest BCUT2D eigenvalue weighted by molar-refractivity contribution is -0.134. The summed E-state index contributed by atoms with van der Waals surface area (Å²) in [5, 5.41) is 0. The second-order valence-corrected chi connectivity index (χ2v) is 6.40. The molecule has 0 rings (SSSR count). The van der Waals surface area contributed by atoms with Crippen molar-refractivity contribution in [3.05, 3.63) is 0 Å². The molecule has 17 heavy (non-hydrogen) atoms. The van der Waals surface area contributed by atoms with E-state index in [2.05, 4.69) is 55.4 Å². The Morgan fingerprint density at radius 3 is 1.94 bits per heavy atom. The molecular weight excluding hydrogens is 212 g/mol. The van der Waals surface area contributed by atoms with Crippen LogP contribution in [-0.4, -0.2) is 24.4 Å². The lowest BCUT2D eigenvalue weighted by Crippen LogP contribution is -2.44. The maximum Gasteiger partial charge on any atom is 0.0681 e. The third-order valence-corrected chi connectivity index (χ3v) is 3.86. The van der Waals surface area contributed by atoms with Crippen molar-refractivity contribution in [1.29, 1.82) is 0 Å². The van der Waals surface area contributed by atoms with Crippen LogP contribution in [0.5, 0.6) is 0 Å². The Balaban J connectivity index is 4.25. The van der Waals surface area contributed by atoms with E-state index >= 15 is 0 Å². The van der Waals surface area contributed by atoms with Crippen LogP contribution in [0, 0.1) is 5.41 Å². The molecule has 0 bridgehead atoms. The molecule has 0 fully saturated rings. The molecule has 0 aromatic heterocycles. The van der Waals surface area contributed by atoms with Gasteiger partial charge in [-0.3, -0.25) is 0 Å². The van der Waals surface area contributed by atoms with Crippen molar-refractivity contribution in [3.63, 3.8) is 0 Å². The maximum atomic E-state index is 6.03. The van der Waals surface area contributed by atoms with Crippen LogP contribution < -0.4 is 0 Å². The quantitative estimate of drug-likeness (QED) is 0.629. The van der Waals surface area contributed by atoms with E-state index in [1.807, 2.05) is 0 Å². The summed E-state index contributed by atoms with van der Waals surface area (Å²) in [6, 6.07) is 0. The first kappa shape index (κ1) is 16.9. The zero-order chi connectivity index (χ0) is 13.7. The zero-order valence-corrected chi connectivity index (χ0v) is 13.1. The van der Waals surface area contributed by atoms with Gasteiger partial charge in [-0.15, -0.1) is 0 Å². The molecule has 2 heteroatoms. The fraction of sp³-hybridized carbons (Fsp3) is 1.00. The second kappa shape index (κ2) is 6.75. The first-order chi connectivity index (χ1) is 7.62. The van der Waals surface area contributed by atoms with Crippen molar-refractivity contribution in [3.8, 4) is 0 Å². The predicted octanol–water partition coefficient (Wildman–Crippen LogP) is 4.42. The van der Waals surface area contributed by atoms with Crippen LogP contribution in [0.3, 0.4) is 0 Å². The summed E-state index contributed by atoms with van der Waals surface area (Å²) in [5.74, 6) is 0. The first-order valence-corrected chi connectivity index (χ1v) is 6.92. The molecule has 1 unspecified atom stereocenters. The lowest BCUT2D eigenvalue weighted by Gasteiger charge is -2.43. The SMILES string of the molecule is CCC(C)OCCC(C)(C)C(C)(C)OC(C)C. The van der Waals surface area contributed by atoms with E-state index in [4.69, 9.17) is 9.47 Å². The van der Waals surface area contributed by atoms with Gasteiger partial charge in [-0.25, -0.2) is 0 Å². The van der Waals surface area contributed by atoms with Crippen LogP contribution in [0.2, 0.25) is 0 Å². The molecule has 1 atom stereocenters. The Morgan fingerprint density at radius 2 is 1.53 bits per heavy atom. The van der Waals surface area contributed by atoms with E-state index in [-0.39, 0.29) is 17.1 Å². The highest BCUT2D eigenvalue weighted by Gasteiger charge is 2.38. The van der Waals surface area contributed by atoms with E-state index < -0.39 is 0 Å². The minimum atomic E-state index is -0.125. The molecule has 0 aliphatic heterocycles. The minimum absolute atomic E-state index is 0.116. The van der Waals surface area contributed by atoms with Crippen LogP contribution in [0.15, 0.2) is 0 Å². The number of hydrogen-bond donors (Lipinski definition) is 0. The number of hydrogen-bond acceptors (Lipinski definition) is 2. The maximum absolute atomic E-state index is 6.03. The average Bonchev–Trinajstić information content (AvgIpc) is 2.14. The fourth-order valence-electron chi connectivity index (χ4n) is 1.68. The van der Waals surface area contributed by atoms with Crippen molar-refractivity contribution in [2.24, 2.45) is 5.41 Å². The third kappa shape index (κ3) is 5.87. The summed E-state index contributed by atoms with van der Waals surface area (Å²) < 4.78 is 11.8. The molecule has 0 radical (unpaired) electrons. The Hall–Kier alpha value is -0.0800. The average molecular weight is 244 g/mol. The molecule has 0 saturated heterocycles. The van der Waals surface area contributed by atoms with Gasteiger partial charge in [-0.05, 0) is 52.9 Å². The van der Waals surface area contributed by atoms with Gasteiger partial charge in [0.2, 0.25) is 0 Å². The van der Waals surface area contributed by atoms with E-state index in [1.54, 1.807) is 0 Å². The van der Waals surface area contributed by atoms with Gasteiger partial charge < -0.3 is 9.47 Å². The van der Waals surface area contributed by atoms with Crippen molar-refractivity contribution < 1.29 is 9.47 Å². The van der Waals surface area contributed by atoms with Gasteiger partial charge in [0.15, 0.2) is 0 Å². The smallest absolute Gasteiger partial charge is 0.0681 e. The van der Waals surface area contributed by atoms with Gasteiger partial charge in [0.05, 0.1) is 17.8 Å². The predicted molar refractivity (Wildman–Crippen MR) is 74.4 cm³/mol. The van der Waals surface area contributed by atoms with E-state index in [0.717, 1.165) is 19.4 Å². The first-order valence-electron chi connectivity index (χ1n) is 6.92. The van der Waals surface area contributed by atoms with Crippen LogP contribution >= 0.6 is 0 Å². The number of rotatable bonds is 8. The monoisotopic (exact) mass is 244 g/mol. The highest BCUT2D eigenvalue weighted by molar-refractivity contribution is 4.88. The molecule has 0 amide bonds. The summed E-state index contributed by atoms with van der Waals surface area (Å²) in [6.45, 7) is 18.1. The molecule has 0 aliphatic carbocycles. The molecule has 0 aromatic carbocycles. The Bertz CT molecular complexity index is 207. The van der Waals surface area contributed by atoms with Gasteiger partial charge in [0, 0.05) is 6.61 Å². The number of ether oxygens (including phenoxy) is 2. The van der Waals surface area contributed by atoms with Gasteiger partial charge in [-0.2, -0.15) is 0 Å². The van der Waals surface area contributed by atoms with Gasteiger partial charge in [0.1, 0.15) is 0 Å². The third-order valence-electron chi connectivity index (χ3n) is 3.86. The summed E-state index contributed by atoms with van der Waals surface area (Å²) in [4.78, 5) is 0. The van der Waals surface area contributed by atoms with Crippen molar-refractivity contribution in [1.82, 2.24) is 0 Å². The van der Waals surface area contributed by atoms with Crippen LogP contribution in [0.1, 0.15) is 68.2 Å². The molecular formula is C15H32O2. The molecule has 104 valence electrons. The Labute approximate surface area is 108 Å². The normalized spacial score (nSPS) is 15.4. The largest absolute Gasteiger partial charge is 0.378 e. The van der Waals surface area contributed by atoms with Gasteiger partial charge in [-0.1, -0.05) is 20.8 Å². The lowest BCUT2D eigenvalue weighted by atomic mass is 9.74. The molecule has 0 N–H and O–H groups in total. The van der Waals surface area contributed by atoms with Crippen LogP contribution in [0.25, 0.3) is 0 Å².